The van der Waals surface area contributed by atoms with Gasteiger partial charge in [0.2, 0.25) is 0 Å². The largest absolute Gasteiger partial charge is 0.508 e. The summed E-state index contributed by atoms with van der Waals surface area (Å²) in [7, 11) is 0. The number of rotatable bonds is 7. The molecule has 0 aliphatic heterocycles. The second-order valence-electron chi connectivity index (χ2n) is 7.45. The van der Waals surface area contributed by atoms with Gasteiger partial charge in [0.05, 0.1) is 12.2 Å². The predicted octanol–water partition coefficient (Wildman–Crippen LogP) is 6.83. The highest BCUT2D eigenvalue weighted by molar-refractivity contribution is 7.98. The number of benzene rings is 3. The van der Waals surface area contributed by atoms with Crippen LogP contribution in [0.4, 0.5) is 0 Å². The molecule has 0 aliphatic carbocycles. The summed E-state index contributed by atoms with van der Waals surface area (Å²) in [5.41, 5.74) is 4.10. The maximum Gasteiger partial charge on any atom is 0.340 e. The van der Waals surface area contributed by atoms with Gasteiger partial charge in [-0.05, 0) is 55.8 Å². The quantitative estimate of drug-likeness (QED) is 0.240. The molecule has 32 heavy (non-hydrogen) atoms. The molecule has 6 heteroatoms. The van der Waals surface area contributed by atoms with Crippen LogP contribution in [0.15, 0.2) is 71.6 Å². The third-order valence-corrected chi connectivity index (χ3v) is 6.72. The summed E-state index contributed by atoms with van der Waals surface area (Å²) in [5, 5.41) is 12.2. The van der Waals surface area contributed by atoms with Crippen LogP contribution in [0.25, 0.3) is 10.9 Å². The SMILES string of the molecule is CCOC(=O)c1c(C)n(Cc2ccccc2)c2ccc(O)c(CSc3ccc(Cl)cc3)c12. The number of ether oxygens (including phenoxy) is 1. The van der Waals surface area contributed by atoms with E-state index in [4.69, 9.17) is 16.3 Å². The number of hydrogen-bond acceptors (Lipinski definition) is 4. The zero-order valence-electron chi connectivity index (χ0n) is 18.0. The van der Waals surface area contributed by atoms with Crippen molar-refractivity contribution in [1.82, 2.24) is 4.57 Å². The van der Waals surface area contributed by atoms with Gasteiger partial charge in [0.1, 0.15) is 5.75 Å². The summed E-state index contributed by atoms with van der Waals surface area (Å²) in [6.45, 7) is 4.64. The summed E-state index contributed by atoms with van der Waals surface area (Å²) in [6, 6.07) is 21.3. The third-order valence-electron chi connectivity index (χ3n) is 5.43. The Bertz CT molecular complexity index is 1250. The van der Waals surface area contributed by atoms with Crippen molar-refractivity contribution in [3.05, 3.63) is 94.1 Å². The lowest BCUT2D eigenvalue weighted by Gasteiger charge is -2.10. The molecule has 0 bridgehead atoms. The number of fused-ring (bicyclic) bond motifs is 1. The molecule has 0 saturated heterocycles. The van der Waals surface area contributed by atoms with E-state index in [1.807, 2.05) is 55.5 Å². The first-order valence-electron chi connectivity index (χ1n) is 10.4. The van der Waals surface area contributed by atoms with Crippen LogP contribution in [0.3, 0.4) is 0 Å². The molecular weight excluding hydrogens is 442 g/mol. The molecule has 1 N–H and O–H groups in total. The average molecular weight is 466 g/mol. The maximum absolute atomic E-state index is 13.0. The van der Waals surface area contributed by atoms with Gasteiger partial charge in [-0.1, -0.05) is 41.9 Å². The van der Waals surface area contributed by atoms with E-state index in [0.29, 0.717) is 22.9 Å². The summed E-state index contributed by atoms with van der Waals surface area (Å²) >= 11 is 7.58. The van der Waals surface area contributed by atoms with Crippen LogP contribution in [-0.2, 0) is 17.0 Å². The summed E-state index contributed by atoms with van der Waals surface area (Å²) in [5.74, 6) is 0.304. The van der Waals surface area contributed by atoms with Crippen LogP contribution in [0.5, 0.6) is 5.75 Å². The van der Waals surface area contributed by atoms with E-state index < -0.39 is 0 Å². The summed E-state index contributed by atoms with van der Waals surface area (Å²) < 4.78 is 7.51. The van der Waals surface area contributed by atoms with E-state index in [-0.39, 0.29) is 18.3 Å². The van der Waals surface area contributed by atoms with Crippen LogP contribution < -0.4 is 0 Å². The molecule has 0 unspecified atom stereocenters. The van der Waals surface area contributed by atoms with Crippen molar-refractivity contribution < 1.29 is 14.6 Å². The smallest absolute Gasteiger partial charge is 0.340 e. The van der Waals surface area contributed by atoms with Crippen molar-refractivity contribution in [2.45, 2.75) is 31.0 Å². The van der Waals surface area contributed by atoms with Gasteiger partial charge < -0.3 is 14.4 Å². The lowest BCUT2D eigenvalue weighted by molar-refractivity contribution is 0.0527. The molecule has 3 aromatic carbocycles. The number of aromatic hydroxyl groups is 1. The number of phenolic OH excluding ortho intramolecular Hbond substituents is 1. The van der Waals surface area contributed by atoms with Crippen LogP contribution in [0.1, 0.15) is 34.1 Å². The third kappa shape index (κ3) is 4.50. The van der Waals surface area contributed by atoms with E-state index in [1.165, 1.54) is 0 Å². The zero-order valence-corrected chi connectivity index (χ0v) is 19.5. The number of esters is 1. The lowest BCUT2D eigenvalue weighted by Crippen LogP contribution is -2.08. The predicted molar refractivity (Wildman–Crippen MR) is 131 cm³/mol. The Morgan fingerprint density at radius 3 is 2.47 bits per heavy atom. The monoisotopic (exact) mass is 465 g/mol. The first-order valence-corrected chi connectivity index (χ1v) is 11.8. The Morgan fingerprint density at radius 1 is 1.06 bits per heavy atom. The van der Waals surface area contributed by atoms with Crippen LogP contribution in [0.2, 0.25) is 5.02 Å². The van der Waals surface area contributed by atoms with E-state index in [2.05, 4.69) is 16.7 Å². The van der Waals surface area contributed by atoms with Gasteiger partial charge in [-0.25, -0.2) is 4.79 Å². The number of carbonyl (C=O) groups excluding carboxylic acids is 1. The normalized spacial score (nSPS) is 11.1. The van der Waals surface area contributed by atoms with Crippen molar-refractivity contribution in [2.75, 3.05) is 6.61 Å². The van der Waals surface area contributed by atoms with Crippen molar-refractivity contribution in [2.24, 2.45) is 0 Å². The molecule has 0 radical (unpaired) electrons. The van der Waals surface area contributed by atoms with Crippen molar-refractivity contribution in [3.8, 4) is 5.75 Å². The summed E-state index contributed by atoms with van der Waals surface area (Å²) in [6.07, 6.45) is 0. The van der Waals surface area contributed by atoms with Crippen molar-refractivity contribution >= 4 is 40.2 Å². The molecule has 0 spiro atoms. The Labute approximate surface area is 196 Å². The number of thioether (sulfide) groups is 1. The van der Waals surface area contributed by atoms with Gasteiger partial charge in [-0.15, -0.1) is 11.8 Å². The first kappa shape index (κ1) is 22.3. The first-order chi connectivity index (χ1) is 15.5. The number of nitrogens with zero attached hydrogens (tertiary/aromatic N) is 1. The molecule has 1 heterocycles. The van der Waals surface area contributed by atoms with Gasteiger partial charge in [-0.3, -0.25) is 0 Å². The number of halogens is 1. The number of phenols is 1. The molecule has 0 aliphatic rings. The van der Waals surface area contributed by atoms with Gasteiger partial charge in [-0.2, -0.15) is 0 Å². The van der Waals surface area contributed by atoms with Gasteiger partial charge in [0.15, 0.2) is 0 Å². The molecule has 0 amide bonds. The van der Waals surface area contributed by atoms with E-state index in [9.17, 15) is 9.90 Å². The molecule has 0 fully saturated rings. The zero-order chi connectivity index (χ0) is 22.7. The second-order valence-corrected chi connectivity index (χ2v) is 8.94. The topological polar surface area (TPSA) is 51.5 Å². The second kappa shape index (κ2) is 9.72. The Hall–Kier alpha value is -2.89. The summed E-state index contributed by atoms with van der Waals surface area (Å²) in [4.78, 5) is 14.0. The number of hydrogen-bond donors (Lipinski definition) is 1. The maximum atomic E-state index is 13.0. The minimum absolute atomic E-state index is 0.168. The molecule has 4 aromatic rings. The Morgan fingerprint density at radius 2 is 1.78 bits per heavy atom. The van der Waals surface area contributed by atoms with Crippen LogP contribution in [-0.4, -0.2) is 22.2 Å². The molecule has 0 saturated carbocycles. The Kier molecular flexibility index (Phi) is 6.77. The number of aromatic nitrogens is 1. The molecule has 0 atom stereocenters. The molecule has 164 valence electrons. The number of carbonyl (C=O) groups is 1. The highest BCUT2D eigenvalue weighted by atomic mass is 35.5. The molecule has 4 nitrogen and oxygen atoms in total. The fraction of sp³-hybridized carbons (Fsp3) is 0.192. The molecule has 4 rings (SSSR count). The van der Waals surface area contributed by atoms with Crippen molar-refractivity contribution in [1.29, 1.82) is 0 Å². The van der Waals surface area contributed by atoms with Crippen LogP contribution >= 0.6 is 23.4 Å². The highest BCUT2D eigenvalue weighted by Crippen LogP contribution is 2.38. The average Bonchev–Trinajstić information content (AvgIpc) is 3.06. The van der Waals surface area contributed by atoms with Gasteiger partial charge in [0.25, 0.3) is 0 Å². The fourth-order valence-corrected chi connectivity index (χ4v) is 4.94. The van der Waals surface area contributed by atoms with Crippen molar-refractivity contribution in [3.63, 3.8) is 0 Å². The minimum Gasteiger partial charge on any atom is -0.508 e. The standard InChI is InChI=1S/C26H24ClNO3S/c1-3-31-26(30)24-17(2)28(15-18-7-5-4-6-8-18)22-13-14-23(29)21(25(22)24)16-32-20-11-9-19(27)10-12-20/h4-14,29H,3,15-16H2,1-2H3. The molecule has 1 aromatic heterocycles. The van der Waals surface area contributed by atoms with E-state index in [1.54, 1.807) is 24.8 Å². The van der Waals surface area contributed by atoms with E-state index >= 15 is 0 Å². The highest BCUT2D eigenvalue weighted by Gasteiger charge is 2.25. The lowest BCUT2D eigenvalue weighted by atomic mass is 10.0. The van der Waals surface area contributed by atoms with E-state index in [0.717, 1.165) is 32.6 Å². The fourth-order valence-electron chi connectivity index (χ4n) is 3.88. The van der Waals surface area contributed by atoms with Gasteiger partial charge >= 0.3 is 5.97 Å². The van der Waals surface area contributed by atoms with Crippen LogP contribution in [0, 0.1) is 6.92 Å². The Balaban J connectivity index is 1.83. The van der Waals surface area contributed by atoms with Gasteiger partial charge in [0, 0.05) is 44.4 Å². The molecular formula is C26H24ClNO3S. The minimum atomic E-state index is -0.370.